The normalized spacial score (nSPS) is 20.6. The molecule has 0 unspecified atom stereocenters. The number of rotatable bonds is 7. The van der Waals surface area contributed by atoms with Crippen LogP contribution in [-0.4, -0.2) is 46.0 Å². The first-order chi connectivity index (χ1) is 12.0. The van der Waals surface area contributed by atoms with Crippen LogP contribution in [0.15, 0.2) is 36.7 Å². The van der Waals surface area contributed by atoms with Crippen LogP contribution < -0.4 is 4.74 Å². The maximum Gasteiger partial charge on any atom is 0.118 e. The van der Waals surface area contributed by atoms with E-state index in [4.69, 9.17) is 4.74 Å². The van der Waals surface area contributed by atoms with E-state index in [-0.39, 0.29) is 6.04 Å². The van der Waals surface area contributed by atoms with Crippen molar-refractivity contribution in [3.05, 3.63) is 47.8 Å². The summed E-state index contributed by atoms with van der Waals surface area (Å²) in [6, 6.07) is 7.92. The van der Waals surface area contributed by atoms with Crippen LogP contribution in [0.1, 0.15) is 37.8 Å². The van der Waals surface area contributed by atoms with E-state index in [0.717, 1.165) is 50.2 Å². The molecule has 5 heteroatoms. The Bertz CT molecular complexity index is 679. The predicted molar refractivity (Wildman–Crippen MR) is 98.8 cm³/mol. The van der Waals surface area contributed by atoms with Gasteiger partial charge in [0.15, 0.2) is 0 Å². The minimum absolute atomic E-state index is 0.141. The van der Waals surface area contributed by atoms with E-state index >= 15 is 0 Å². The first-order valence-corrected chi connectivity index (χ1v) is 9.17. The Hall–Kier alpha value is -1.85. The van der Waals surface area contributed by atoms with E-state index in [9.17, 15) is 5.11 Å². The second kappa shape index (κ2) is 7.58. The third-order valence-corrected chi connectivity index (χ3v) is 5.39. The van der Waals surface area contributed by atoms with E-state index in [1.807, 2.05) is 42.1 Å². The summed E-state index contributed by atoms with van der Waals surface area (Å²) < 4.78 is 7.19. The molecular weight excluding hydrogens is 314 g/mol. The van der Waals surface area contributed by atoms with Crippen LogP contribution in [0.4, 0.5) is 0 Å². The Morgan fingerprint density at radius 2 is 2.08 bits per heavy atom. The Balaban J connectivity index is 1.68. The molecule has 1 aliphatic rings. The molecule has 1 saturated heterocycles. The summed E-state index contributed by atoms with van der Waals surface area (Å²) in [7, 11) is 1.66. The van der Waals surface area contributed by atoms with Gasteiger partial charge in [0.1, 0.15) is 11.4 Å². The monoisotopic (exact) mass is 343 g/mol. The van der Waals surface area contributed by atoms with Crippen LogP contribution in [-0.2, 0) is 18.6 Å². The van der Waals surface area contributed by atoms with Crippen molar-refractivity contribution in [1.82, 2.24) is 14.7 Å². The average molecular weight is 343 g/mol. The van der Waals surface area contributed by atoms with E-state index < -0.39 is 5.60 Å². The van der Waals surface area contributed by atoms with Gasteiger partial charge in [0, 0.05) is 25.3 Å². The standard InChI is InChI=1S/C20H29N3O2/c1-4-23-15-16(14-21-23)11-13-22-12-5-6-19(22)20(2,24)17-7-9-18(25-3)10-8-17/h7-10,14-15,19,24H,4-6,11-13H2,1-3H3/t19-,20-/m0/s1. The van der Waals surface area contributed by atoms with Gasteiger partial charge in [0.25, 0.3) is 0 Å². The highest BCUT2D eigenvalue weighted by atomic mass is 16.5. The molecule has 3 rings (SSSR count). The first kappa shape index (κ1) is 18.0. The summed E-state index contributed by atoms with van der Waals surface area (Å²) in [4.78, 5) is 2.42. The summed E-state index contributed by atoms with van der Waals surface area (Å²) in [5, 5.41) is 15.6. The van der Waals surface area contributed by atoms with Crippen LogP contribution in [0.3, 0.4) is 0 Å². The lowest BCUT2D eigenvalue weighted by atomic mass is 9.86. The fraction of sp³-hybridized carbons (Fsp3) is 0.550. The molecule has 136 valence electrons. The summed E-state index contributed by atoms with van der Waals surface area (Å²) in [5.74, 6) is 0.816. The van der Waals surface area contributed by atoms with Crippen molar-refractivity contribution in [2.45, 2.75) is 51.3 Å². The molecule has 0 spiro atoms. The Morgan fingerprint density at radius 1 is 1.32 bits per heavy atom. The van der Waals surface area contributed by atoms with E-state index in [1.165, 1.54) is 5.56 Å². The van der Waals surface area contributed by atoms with Gasteiger partial charge in [-0.05, 0) is 62.9 Å². The fourth-order valence-electron chi connectivity index (χ4n) is 3.83. The largest absolute Gasteiger partial charge is 0.497 e. The van der Waals surface area contributed by atoms with Gasteiger partial charge in [-0.2, -0.15) is 5.10 Å². The van der Waals surface area contributed by atoms with Crippen molar-refractivity contribution in [1.29, 1.82) is 0 Å². The molecular formula is C20H29N3O2. The smallest absolute Gasteiger partial charge is 0.118 e. The molecule has 2 aromatic rings. The second-order valence-corrected chi connectivity index (χ2v) is 7.02. The lowest BCUT2D eigenvalue weighted by Gasteiger charge is -2.37. The van der Waals surface area contributed by atoms with Crippen molar-refractivity contribution in [3.63, 3.8) is 0 Å². The molecule has 0 radical (unpaired) electrons. The number of nitrogens with zero attached hydrogens (tertiary/aromatic N) is 3. The molecule has 0 aliphatic carbocycles. The molecule has 5 nitrogen and oxygen atoms in total. The molecule has 2 atom stereocenters. The number of ether oxygens (including phenoxy) is 1. The van der Waals surface area contributed by atoms with Gasteiger partial charge in [-0.1, -0.05) is 12.1 Å². The van der Waals surface area contributed by atoms with Crippen LogP contribution in [0.2, 0.25) is 0 Å². The second-order valence-electron chi connectivity index (χ2n) is 7.02. The first-order valence-electron chi connectivity index (χ1n) is 9.17. The van der Waals surface area contributed by atoms with E-state index in [0.29, 0.717) is 0 Å². The SMILES string of the molecule is CCn1cc(CCN2CCC[C@H]2[C@@](C)(O)c2ccc(OC)cc2)cn1. The number of aliphatic hydroxyl groups is 1. The highest BCUT2D eigenvalue weighted by Gasteiger charge is 2.40. The minimum Gasteiger partial charge on any atom is -0.497 e. The number of benzene rings is 1. The molecule has 1 aromatic carbocycles. The molecule has 1 aromatic heterocycles. The molecule has 0 amide bonds. The zero-order chi connectivity index (χ0) is 17.9. The van der Waals surface area contributed by atoms with Gasteiger partial charge in [-0.25, -0.2) is 0 Å². The molecule has 1 fully saturated rings. The lowest BCUT2D eigenvalue weighted by Crippen LogP contribution is -2.46. The minimum atomic E-state index is -0.865. The molecule has 0 bridgehead atoms. The predicted octanol–water partition coefficient (Wildman–Crippen LogP) is 2.83. The van der Waals surface area contributed by atoms with Crippen LogP contribution >= 0.6 is 0 Å². The molecule has 1 aliphatic heterocycles. The van der Waals surface area contributed by atoms with Gasteiger partial charge in [0.05, 0.1) is 13.3 Å². The highest BCUT2D eigenvalue weighted by molar-refractivity contribution is 5.31. The lowest BCUT2D eigenvalue weighted by molar-refractivity contribution is -0.0226. The van der Waals surface area contributed by atoms with Gasteiger partial charge in [-0.3, -0.25) is 9.58 Å². The van der Waals surface area contributed by atoms with Crippen molar-refractivity contribution in [2.24, 2.45) is 0 Å². The van der Waals surface area contributed by atoms with Crippen molar-refractivity contribution in [3.8, 4) is 5.75 Å². The average Bonchev–Trinajstić information content (AvgIpc) is 3.29. The quantitative estimate of drug-likeness (QED) is 0.840. The highest BCUT2D eigenvalue weighted by Crippen LogP contribution is 2.35. The van der Waals surface area contributed by atoms with Crippen molar-refractivity contribution >= 4 is 0 Å². The summed E-state index contributed by atoms with van der Waals surface area (Å²) in [6.07, 6.45) is 7.19. The zero-order valence-corrected chi connectivity index (χ0v) is 15.5. The third kappa shape index (κ3) is 3.88. The Labute approximate surface area is 150 Å². The Morgan fingerprint density at radius 3 is 2.72 bits per heavy atom. The molecule has 25 heavy (non-hydrogen) atoms. The maximum atomic E-state index is 11.3. The third-order valence-electron chi connectivity index (χ3n) is 5.39. The number of aromatic nitrogens is 2. The molecule has 1 N–H and O–H groups in total. The number of methoxy groups -OCH3 is 1. The van der Waals surface area contributed by atoms with Crippen molar-refractivity contribution < 1.29 is 9.84 Å². The molecule has 0 saturated carbocycles. The van der Waals surface area contributed by atoms with E-state index in [1.54, 1.807) is 7.11 Å². The maximum absolute atomic E-state index is 11.3. The van der Waals surface area contributed by atoms with Crippen LogP contribution in [0, 0.1) is 0 Å². The number of hydrogen-bond acceptors (Lipinski definition) is 4. The van der Waals surface area contributed by atoms with Gasteiger partial charge in [-0.15, -0.1) is 0 Å². The van der Waals surface area contributed by atoms with Gasteiger partial charge in [0.2, 0.25) is 0 Å². The number of hydrogen-bond donors (Lipinski definition) is 1. The van der Waals surface area contributed by atoms with Crippen molar-refractivity contribution in [2.75, 3.05) is 20.2 Å². The fourth-order valence-corrected chi connectivity index (χ4v) is 3.83. The van der Waals surface area contributed by atoms with E-state index in [2.05, 4.69) is 23.1 Å². The topological polar surface area (TPSA) is 50.5 Å². The zero-order valence-electron chi connectivity index (χ0n) is 15.5. The van der Waals surface area contributed by atoms with Crippen LogP contribution in [0.25, 0.3) is 0 Å². The van der Waals surface area contributed by atoms with Gasteiger partial charge >= 0.3 is 0 Å². The summed E-state index contributed by atoms with van der Waals surface area (Å²) in [5.41, 5.74) is 1.34. The van der Waals surface area contributed by atoms with Crippen LogP contribution in [0.5, 0.6) is 5.75 Å². The Kier molecular flexibility index (Phi) is 5.45. The summed E-state index contributed by atoms with van der Waals surface area (Å²) >= 11 is 0. The van der Waals surface area contributed by atoms with Gasteiger partial charge < -0.3 is 9.84 Å². The summed E-state index contributed by atoms with van der Waals surface area (Å²) in [6.45, 7) is 6.93. The number of likely N-dealkylation sites (tertiary alicyclic amines) is 1. The number of aryl methyl sites for hydroxylation is 1. The molecule has 2 heterocycles.